The Morgan fingerprint density at radius 1 is 1.05 bits per heavy atom. The van der Waals surface area contributed by atoms with Crippen LogP contribution < -0.4 is 5.32 Å². The van der Waals surface area contributed by atoms with Crippen molar-refractivity contribution in [2.75, 3.05) is 13.2 Å². The molecule has 0 amide bonds. The van der Waals surface area contributed by atoms with Crippen molar-refractivity contribution in [1.29, 1.82) is 0 Å². The highest BCUT2D eigenvalue weighted by molar-refractivity contribution is 4.78. The lowest BCUT2D eigenvalue weighted by Crippen LogP contribution is -2.40. The fraction of sp³-hybridized carbons (Fsp3) is 1.00. The molecule has 112 valence electrons. The molecule has 0 aromatic heterocycles. The Morgan fingerprint density at radius 2 is 1.74 bits per heavy atom. The van der Waals surface area contributed by atoms with Gasteiger partial charge in [0.2, 0.25) is 0 Å². The molecule has 0 heterocycles. The third kappa shape index (κ3) is 5.41. The molecule has 2 aliphatic rings. The van der Waals surface area contributed by atoms with Crippen molar-refractivity contribution in [2.45, 2.75) is 83.0 Å². The number of rotatable bonds is 6. The van der Waals surface area contributed by atoms with Gasteiger partial charge in [0.05, 0.1) is 18.8 Å². The average molecular weight is 269 g/mol. The van der Waals surface area contributed by atoms with Crippen molar-refractivity contribution >= 4 is 0 Å². The van der Waals surface area contributed by atoms with Crippen LogP contribution >= 0.6 is 0 Å². The number of hydrogen-bond donors (Lipinski definition) is 2. The molecule has 0 aromatic rings. The van der Waals surface area contributed by atoms with Gasteiger partial charge in [0, 0.05) is 12.6 Å². The first-order chi connectivity index (χ1) is 9.25. The van der Waals surface area contributed by atoms with Gasteiger partial charge in [0.25, 0.3) is 0 Å². The SMILES string of the molecule is CC1CCCCCC1NCC(O)COC1CCCC1. The standard InChI is InChI=1S/C16H31NO2/c1-13-7-3-2-4-10-16(13)17-11-14(18)12-19-15-8-5-6-9-15/h13-18H,2-12H2,1H3. The van der Waals surface area contributed by atoms with Crippen molar-refractivity contribution < 1.29 is 9.84 Å². The van der Waals surface area contributed by atoms with Crippen LogP contribution in [-0.4, -0.2) is 36.5 Å². The summed E-state index contributed by atoms with van der Waals surface area (Å²) in [5, 5.41) is 13.6. The van der Waals surface area contributed by atoms with Crippen LogP contribution in [0, 0.1) is 5.92 Å². The average Bonchev–Trinajstić information content (AvgIpc) is 2.84. The van der Waals surface area contributed by atoms with Gasteiger partial charge in [0.1, 0.15) is 0 Å². The van der Waals surface area contributed by atoms with Crippen LogP contribution in [0.1, 0.15) is 64.7 Å². The van der Waals surface area contributed by atoms with Gasteiger partial charge in [-0.3, -0.25) is 0 Å². The zero-order valence-corrected chi connectivity index (χ0v) is 12.4. The Bertz CT molecular complexity index is 241. The van der Waals surface area contributed by atoms with E-state index < -0.39 is 0 Å². The van der Waals surface area contributed by atoms with Crippen molar-refractivity contribution in [3.05, 3.63) is 0 Å². The molecule has 0 bridgehead atoms. The molecule has 2 rings (SSSR count). The van der Waals surface area contributed by atoms with E-state index in [9.17, 15) is 5.11 Å². The van der Waals surface area contributed by atoms with Gasteiger partial charge in [-0.1, -0.05) is 39.0 Å². The molecule has 19 heavy (non-hydrogen) atoms. The fourth-order valence-electron chi connectivity index (χ4n) is 3.44. The molecule has 0 aliphatic heterocycles. The number of aliphatic hydroxyl groups is 1. The predicted molar refractivity (Wildman–Crippen MR) is 78.3 cm³/mol. The summed E-state index contributed by atoms with van der Waals surface area (Å²) in [4.78, 5) is 0. The van der Waals surface area contributed by atoms with E-state index in [4.69, 9.17) is 4.74 Å². The second-order valence-corrected chi connectivity index (χ2v) is 6.52. The molecule has 2 fully saturated rings. The molecule has 0 saturated heterocycles. The highest BCUT2D eigenvalue weighted by Crippen LogP contribution is 2.23. The molecule has 2 aliphatic carbocycles. The molecule has 3 unspecified atom stereocenters. The third-order valence-electron chi connectivity index (χ3n) is 4.80. The van der Waals surface area contributed by atoms with Gasteiger partial charge < -0.3 is 15.2 Å². The monoisotopic (exact) mass is 269 g/mol. The molecule has 0 radical (unpaired) electrons. The van der Waals surface area contributed by atoms with Crippen molar-refractivity contribution in [3.63, 3.8) is 0 Å². The van der Waals surface area contributed by atoms with Gasteiger partial charge >= 0.3 is 0 Å². The van der Waals surface area contributed by atoms with E-state index >= 15 is 0 Å². The maximum atomic E-state index is 10.0. The molecule has 3 nitrogen and oxygen atoms in total. The van der Waals surface area contributed by atoms with Crippen LogP contribution in [-0.2, 0) is 4.74 Å². The minimum Gasteiger partial charge on any atom is -0.389 e. The summed E-state index contributed by atoms with van der Waals surface area (Å²) in [6.45, 7) is 3.52. The van der Waals surface area contributed by atoms with Crippen LogP contribution in [0.2, 0.25) is 0 Å². The molecular weight excluding hydrogens is 238 g/mol. The van der Waals surface area contributed by atoms with E-state index in [2.05, 4.69) is 12.2 Å². The minimum absolute atomic E-state index is 0.351. The van der Waals surface area contributed by atoms with E-state index in [1.165, 1.54) is 57.8 Å². The molecular formula is C16H31NO2. The largest absolute Gasteiger partial charge is 0.389 e. The molecule has 2 N–H and O–H groups in total. The Labute approximate surface area is 118 Å². The second-order valence-electron chi connectivity index (χ2n) is 6.52. The van der Waals surface area contributed by atoms with Crippen LogP contribution in [0.4, 0.5) is 0 Å². The van der Waals surface area contributed by atoms with Crippen LogP contribution in [0.5, 0.6) is 0 Å². The van der Waals surface area contributed by atoms with Crippen molar-refractivity contribution in [1.82, 2.24) is 5.32 Å². The van der Waals surface area contributed by atoms with E-state index in [-0.39, 0.29) is 6.10 Å². The molecule has 3 heteroatoms. The maximum absolute atomic E-state index is 10.0. The Kier molecular flexibility index (Phi) is 6.62. The number of hydrogen-bond acceptors (Lipinski definition) is 3. The predicted octanol–water partition coefficient (Wildman–Crippen LogP) is 2.86. The first-order valence-corrected chi connectivity index (χ1v) is 8.28. The lowest BCUT2D eigenvalue weighted by Gasteiger charge is -2.25. The summed E-state index contributed by atoms with van der Waals surface area (Å²) in [7, 11) is 0. The smallest absolute Gasteiger partial charge is 0.0897 e. The topological polar surface area (TPSA) is 41.5 Å². The van der Waals surface area contributed by atoms with Crippen molar-refractivity contribution in [3.8, 4) is 0 Å². The number of ether oxygens (including phenoxy) is 1. The van der Waals surface area contributed by atoms with E-state index in [0.29, 0.717) is 25.3 Å². The van der Waals surface area contributed by atoms with Crippen LogP contribution in [0.3, 0.4) is 0 Å². The summed E-state index contributed by atoms with van der Waals surface area (Å²) >= 11 is 0. The van der Waals surface area contributed by atoms with Gasteiger partial charge in [0.15, 0.2) is 0 Å². The zero-order valence-electron chi connectivity index (χ0n) is 12.4. The normalized spacial score (nSPS) is 31.3. The minimum atomic E-state index is -0.351. The molecule has 3 atom stereocenters. The zero-order chi connectivity index (χ0) is 13.5. The lowest BCUT2D eigenvalue weighted by atomic mass is 9.97. The maximum Gasteiger partial charge on any atom is 0.0897 e. The third-order valence-corrected chi connectivity index (χ3v) is 4.80. The molecule has 2 saturated carbocycles. The molecule has 0 aromatic carbocycles. The number of nitrogens with one attached hydrogen (secondary N) is 1. The summed E-state index contributed by atoms with van der Waals surface area (Å²) in [6.07, 6.45) is 11.7. The summed E-state index contributed by atoms with van der Waals surface area (Å²) in [6, 6.07) is 0.587. The first kappa shape index (κ1) is 15.3. The quantitative estimate of drug-likeness (QED) is 0.729. The summed E-state index contributed by atoms with van der Waals surface area (Å²) in [5.74, 6) is 0.741. The van der Waals surface area contributed by atoms with Crippen LogP contribution in [0.25, 0.3) is 0 Å². The van der Waals surface area contributed by atoms with E-state index in [0.717, 1.165) is 5.92 Å². The summed E-state index contributed by atoms with van der Waals surface area (Å²) < 4.78 is 5.77. The first-order valence-electron chi connectivity index (χ1n) is 8.28. The fourth-order valence-corrected chi connectivity index (χ4v) is 3.44. The Hall–Kier alpha value is -0.120. The Balaban J connectivity index is 1.60. The summed E-state index contributed by atoms with van der Waals surface area (Å²) in [5.41, 5.74) is 0. The lowest BCUT2D eigenvalue weighted by molar-refractivity contribution is -0.00682. The molecule has 0 spiro atoms. The van der Waals surface area contributed by atoms with Crippen molar-refractivity contribution in [2.24, 2.45) is 5.92 Å². The van der Waals surface area contributed by atoms with Gasteiger partial charge in [-0.15, -0.1) is 0 Å². The highest BCUT2D eigenvalue weighted by Gasteiger charge is 2.21. The van der Waals surface area contributed by atoms with Crippen LogP contribution in [0.15, 0.2) is 0 Å². The van der Waals surface area contributed by atoms with Gasteiger partial charge in [-0.2, -0.15) is 0 Å². The Morgan fingerprint density at radius 3 is 2.53 bits per heavy atom. The second kappa shape index (κ2) is 8.23. The van der Waals surface area contributed by atoms with E-state index in [1.807, 2.05) is 0 Å². The highest BCUT2D eigenvalue weighted by atomic mass is 16.5. The van der Waals surface area contributed by atoms with E-state index in [1.54, 1.807) is 0 Å². The number of aliphatic hydroxyl groups excluding tert-OH is 1. The van der Waals surface area contributed by atoms with Gasteiger partial charge in [-0.25, -0.2) is 0 Å². The van der Waals surface area contributed by atoms with Gasteiger partial charge in [-0.05, 0) is 31.6 Å².